The molecule has 0 aliphatic carbocycles. The lowest BCUT2D eigenvalue weighted by atomic mass is 10.3. The normalized spacial score (nSPS) is 10.5. The number of ketones is 1. The fourth-order valence-electron chi connectivity index (χ4n) is 2.00. The summed E-state index contributed by atoms with van der Waals surface area (Å²) in [6.45, 7) is 1.92. The molecule has 0 fully saturated rings. The summed E-state index contributed by atoms with van der Waals surface area (Å²) in [5, 5.41) is 14.8. The number of para-hydroxylation sites is 1. The molecule has 6 nitrogen and oxygen atoms in total. The molecular weight excluding hydrogens is 388 g/mol. The number of Topliss-reactive ketones (excluding diaryl/α,β-unsaturated/α-hetero) is 1. The highest BCUT2D eigenvalue weighted by atomic mass is 32.2. The van der Waals surface area contributed by atoms with E-state index in [9.17, 15) is 9.59 Å². The van der Waals surface area contributed by atoms with Crippen LogP contribution in [0.5, 0.6) is 0 Å². The van der Waals surface area contributed by atoms with E-state index in [2.05, 4.69) is 20.8 Å². The molecule has 0 bridgehead atoms. The third kappa shape index (κ3) is 5.38. The van der Waals surface area contributed by atoms with E-state index in [0.29, 0.717) is 22.3 Å². The van der Waals surface area contributed by atoms with Gasteiger partial charge in [-0.1, -0.05) is 41.3 Å². The minimum atomic E-state index is -0.0852. The first kappa shape index (κ1) is 18.6. The van der Waals surface area contributed by atoms with Gasteiger partial charge in [0.15, 0.2) is 10.1 Å². The molecule has 0 saturated heterocycles. The van der Waals surface area contributed by atoms with Crippen molar-refractivity contribution in [2.75, 3.05) is 11.1 Å². The molecule has 1 aromatic carbocycles. The van der Waals surface area contributed by atoms with E-state index in [0.717, 1.165) is 14.9 Å². The molecule has 0 aliphatic rings. The highest BCUT2D eigenvalue weighted by Crippen LogP contribution is 2.28. The summed E-state index contributed by atoms with van der Waals surface area (Å²) in [7, 11) is 0. The second-order valence-electron chi connectivity index (χ2n) is 5.25. The Morgan fingerprint density at radius 3 is 2.65 bits per heavy atom. The van der Waals surface area contributed by atoms with Crippen molar-refractivity contribution in [3.8, 4) is 0 Å². The standard InChI is InChI=1S/C17H16N4O2S3/c1-11(22)18-9-13-7-8-15(25-13)14(23)10-24-17-21-20-16(26-17)19-12-5-3-2-4-6-12/h2-8H,9-10H2,1H3,(H,18,22)(H,19,20). The summed E-state index contributed by atoms with van der Waals surface area (Å²) >= 11 is 4.19. The van der Waals surface area contributed by atoms with Gasteiger partial charge in [-0.2, -0.15) is 0 Å². The Balaban J connectivity index is 1.51. The molecular formula is C17H16N4O2S3. The third-order valence-corrected chi connectivity index (χ3v) is 6.30. The number of benzene rings is 1. The van der Waals surface area contributed by atoms with Gasteiger partial charge in [0.2, 0.25) is 11.0 Å². The molecule has 9 heteroatoms. The summed E-state index contributed by atoms with van der Waals surface area (Å²) in [5.74, 6) is 0.264. The lowest BCUT2D eigenvalue weighted by Crippen LogP contribution is -2.18. The van der Waals surface area contributed by atoms with Gasteiger partial charge in [0.1, 0.15) is 0 Å². The minimum Gasteiger partial charge on any atom is -0.351 e. The van der Waals surface area contributed by atoms with Gasteiger partial charge in [0.05, 0.1) is 17.2 Å². The molecule has 2 aromatic heterocycles. The molecule has 0 unspecified atom stereocenters. The minimum absolute atomic E-state index is 0.0434. The predicted octanol–water partition coefficient (Wildman–Crippen LogP) is 3.95. The van der Waals surface area contributed by atoms with Crippen LogP contribution in [0.3, 0.4) is 0 Å². The number of nitrogens with one attached hydrogen (secondary N) is 2. The van der Waals surface area contributed by atoms with Crippen molar-refractivity contribution >= 4 is 56.9 Å². The quantitative estimate of drug-likeness (QED) is 0.437. The molecule has 0 radical (unpaired) electrons. The van der Waals surface area contributed by atoms with Crippen LogP contribution in [-0.2, 0) is 11.3 Å². The van der Waals surface area contributed by atoms with Gasteiger partial charge >= 0.3 is 0 Å². The van der Waals surface area contributed by atoms with Gasteiger partial charge in [-0.25, -0.2) is 0 Å². The fourth-order valence-corrected chi connectivity index (χ4v) is 4.63. The lowest BCUT2D eigenvalue weighted by Gasteiger charge is -1.99. The number of carbonyl (C=O) groups excluding carboxylic acids is 2. The van der Waals surface area contributed by atoms with Gasteiger partial charge < -0.3 is 10.6 Å². The number of carbonyl (C=O) groups is 2. The van der Waals surface area contributed by atoms with E-state index in [1.807, 2.05) is 36.4 Å². The van der Waals surface area contributed by atoms with Crippen molar-refractivity contribution in [2.24, 2.45) is 0 Å². The van der Waals surface area contributed by atoms with Crippen LogP contribution in [0.25, 0.3) is 0 Å². The van der Waals surface area contributed by atoms with Crippen molar-refractivity contribution in [2.45, 2.75) is 17.8 Å². The highest BCUT2D eigenvalue weighted by Gasteiger charge is 2.12. The van der Waals surface area contributed by atoms with Crippen LogP contribution in [0, 0.1) is 0 Å². The summed E-state index contributed by atoms with van der Waals surface area (Å²) in [4.78, 5) is 24.9. The smallest absolute Gasteiger partial charge is 0.217 e. The lowest BCUT2D eigenvalue weighted by molar-refractivity contribution is -0.119. The van der Waals surface area contributed by atoms with Crippen molar-refractivity contribution in [1.82, 2.24) is 15.5 Å². The van der Waals surface area contributed by atoms with Gasteiger partial charge in [0.25, 0.3) is 0 Å². The number of thiophene rings is 1. The Hall–Kier alpha value is -2.23. The van der Waals surface area contributed by atoms with Gasteiger partial charge in [-0.05, 0) is 24.3 Å². The Bertz CT molecular complexity index is 892. The van der Waals surface area contributed by atoms with E-state index in [-0.39, 0.29) is 11.7 Å². The largest absolute Gasteiger partial charge is 0.351 e. The van der Waals surface area contributed by atoms with E-state index in [1.54, 1.807) is 6.07 Å². The maximum atomic E-state index is 12.3. The first-order valence-electron chi connectivity index (χ1n) is 7.75. The Kier molecular flexibility index (Phi) is 6.37. The van der Waals surface area contributed by atoms with Crippen molar-refractivity contribution in [3.63, 3.8) is 0 Å². The van der Waals surface area contributed by atoms with Crippen LogP contribution >= 0.6 is 34.4 Å². The van der Waals surface area contributed by atoms with Gasteiger partial charge in [0, 0.05) is 17.5 Å². The average Bonchev–Trinajstić information content (AvgIpc) is 3.28. The summed E-state index contributed by atoms with van der Waals surface area (Å²) in [6.07, 6.45) is 0. The van der Waals surface area contributed by atoms with Crippen LogP contribution in [0.2, 0.25) is 0 Å². The molecule has 26 heavy (non-hydrogen) atoms. The first-order chi connectivity index (χ1) is 12.6. The Labute approximate surface area is 163 Å². The fraction of sp³-hybridized carbons (Fsp3) is 0.176. The van der Waals surface area contributed by atoms with Crippen molar-refractivity contribution < 1.29 is 9.59 Å². The maximum absolute atomic E-state index is 12.3. The summed E-state index contributed by atoms with van der Waals surface area (Å²) in [6, 6.07) is 13.4. The van der Waals surface area contributed by atoms with Gasteiger partial charge in [-0.3, -0.25) is 9.59 Å². The first-order valence-corrected chi connectivity index (χ1v) is 10.4. The number of hydrogen-bond acceptors (Lipinski definition) is 8. The molecule has 1 amide bonds. The molecule has 3 rings (SSSR count). The Morgan fingerprint density at radius 1 is 1.08 bits per heavy atom. The summed E-state index contributed by atoms with van der Waals surface area (Å²) < 4.78 is 0.742. The topological polar surface area (TPSA) is 84.0 Å². The number of hydrogen-bond donors (Lipinski definition) is 2. The number of amides is 1. The molecule has 134 valence electrons. The number of thioether (sulfide) groups is 1. The zero-order chi connectivity index (χ0) is 18.4. The number of anilines is 2. The van der Waals surface area contributed by atoms with Crippen molar-refractivity contribution in [1.29, 1.82) is 0 Å². The van der Waals surface area contributed by atoms with E-state index in [1.165, 1.54) is 41.4 Å². The molecule has 0 aliphatic heterocycles. The zero-order valence-electron chi connectivity index (χ0n) is 13.9. The van der Waals surface area contributed by atoms with Crippen LogP contribution < -0.4 is 10.6 Å². The predicted molar refractivity (Wildman–Crippen MR) is 107 cm³/mol. The second-order valence-corrected chi connectivity index (χ2v) is 8.62. The number of aromatic nitrogens is 2. The molecule has 0 spiro atoms. The number of rotatable bonds is 8. The van der Waals surface area contributed by atoms with Crippen LogP contribution in [0.4, 0.5) is 10.8 Å². The maximum Gasteiger partial charge on any atom is 0.217 e. The van der Waals surface area contributed by atoms with Crippen LogP contribution in [-0.4, -0.2) is 27.6 Å². The second kappa shape index (κ2) is 8.93. The third-order valence-electron chi connectivity index (χ3n) is 3.21. The number of nitrogens with zero attached hydrogens (tertiary/aromatic N) is 2. The summed E-state index contributed by atoms with van der Waals surface area (Å²) in [5.41, 5.74) is 0.946. The van der Waals surface area contributed by atoms with Crippen LogP contribution in [0.15, 0.2) is 46.8 Å². The highest BCUT2D eigenvalue weighted by molar-refractivity contribution is 8.01. The van der Waals surface area contributed by atoms with E-state index >= 15 is 0 Å². The SMILES string of the molecule is CC(=O)NCc1ccc(C(=O)CSc2nnc(Nc3ccccc3)s2)s1. The molecule has 0 saturated carbocycles. The molecule has 2 heterocycles. The molecule has 0 atom stereocenters. The van der Waals surface area contributed by atoms with Crippen molar-refractivity contribution in [3.05, 3.63) is 52.2 Å². The zero-order valence-corrected chi connectivity index (χ0v) is 16.3. The monoisotopic (exact) mass is 404 g/mol. The molecule has 2 N–H and O–H groups in total. The van der Waals surface area contributed by atoms with Crippen LogP contribution in [0.1, 0.15) is 21.5 Å². The molecule has 3 aromatic rings. The Morgan fingerprint density at radius 2 is 1.88 bits per heavy atom. The van der Waals surface area contributed by atoms with E-state index in [4.69, 9.17) is 0 Å². The van der Waals surface area contributed by atoms with E-state index < -0.39 is 0 Å². The van der Waals surface area contributed by atoms with Gasteiger partial charge in [-0.15, -0.1) is 21.5 Å². The average molecular weight is 405 g/mol.